The average Bonchev–Trinajstić information content (AvgIpc) is 3.00. The SMILES string of the molecule is O=C1[C@@H](c2ccc(Cl)cc2)N(C2CCCCC2)C(=O)CN1C1CCCCCC1. The fraction of sp³-hybridized carbons (Fsp3) is 0.652. The van der Waals surface area contributed by atoms with Crippen molar-refractivity contribution in [2.75, 3.05) is 6.54 Å². The Balaban J connectivity index is 1.66. The van der Waals surface area contributed by atoms with E-state index in [0.29, 0.717) is 5.02 Å². The summed E-state index contributed by atoms with van der Waals surface area (Å²) in [5.41, 5.74) is 0.895. The normalized spacial score (nSPS) is 25.8. The molecule has 3 aliphatic rings. The van der Waals surface area contributed by atoms with Crippen molar-refractivity contribution < 1.29 is 9.59 Å². The molecule has 2 amide bonds. The molecule has 152 valence electrons. The summed E-state index contributed by atoms with van der Waals surface area (Å²) in [6.07, 6.45) is 12.4. The molecule has 3 fully saturated rings. The minimum Gasteiger partial charge on any atom is -0.328 e. The van der Waals surface area contributed by atoms with Crippen LogP contribution >= 0.6 is 11.6 Å². The van der Waals surface area contributed by atoms with Gasteiger partial charge in [0.1, 0.15) is 12.6 Å². The highest BCUT2D eigenvalue weighted by atomic mass is 35.5. The Labute approximate surface area is 173 Å². The van der Waals surface area contributed by atoms with Gasteiger partial charge in [0.2, 0.25) is 5.91 Å². The van der Waals surface area contributed by atoms with E-state index in [1.165, 1.54) is 19.3 Å². The summed E-state index contributed by atoms with van der Waals surface area (Å²) in [6.45, 7) is 0.254. The molecule has 28 heavy (non-hydrogen) atoms. The largest absolute Gasteiger partial charge is 0.328 e. The van der Waals surface area contributed by atoms with Crippen LogP contribution in [0, 0.1) is 0 Å². The third-order valence-corrected chi connectivity index (χ3v) is 7.06. The first-order valence-corrected chi connectivity index (χ1v) is 11.4. The van der Waals surface area contributed by atoms with Crippen molar-refractivity contribution in [1.29, 1.82) is 0 Å². The number of hydrogen-bond acceptors (Lipinski definition) is 2. The number of carbonyl (C=O) groups is 2. The van der Waals surface area contributed by atoms with Crippen LogP contribution in [0.15, 0.2) is 24.3 Å². The standard InChI is InChI=1S/C23H31ClN2O2/c24-18-14-12-17(13-15-18)22-23(28)25(19-8-4-1-2-5-9-19)16-21(27)26(22)20-10-6-3-7-11-20/h12-15,19-20,22H,1-11,16H2/t22-/m1/s1. The summed E-state index contributed by atoms with van der Waals surface area (Å²) in [5.74, 6) is 0.232. The molecule has 0 aromatic heterocycles. The zero-order valence-electron chi connectivity index (χ0n) is 16.6. The van der Waals surface area contributed by atoms with E-state index < -0.39 is 6.04 Å². The Hall–Kier alpha value is -1.55. The van der Waals surface area contributed by atoms with Gasteiger partial charge in [0.15, 0.2) is 0 Å². The van der Waals surface area contributed by atoms with Gasteiger partial charge in [-0.1, -0.05) is 68.7 Å². The number of piperazine rings is 1. The molecule has 0 N–H and O–H groups in total. The highest BCUT2D eigenvalue weighted by molar-refractivity contribution is 6.30. The predicted molar refractivity (Wildman–Crippen MR) is 111 cm³/mol. The lowest BCUT2D eigenvalue weighted by Gasteiger charge is -2.47. The first-order chi connectivity index (χ1) is 13.6. The molecule has 0 bridgehead atoms. The molecule has 0 spiro atoms. The van der Waals surface area contributed by atoms with Crippen LogP contribution in [0.4, 0.5) is 0 Å². The van der Waals surface area contributed by atoms with Crippen LogP contribution in [0.25, 0.3) is 0 Å². The van der Waals surface area contributed by atoms with Crippen molar-refractivity contribution >= 4 is 23.4 Å². The molecule has 1 aromatic carbocycles. The van der Waals surface area contributed by atoms with E-state index in [4.69, 9.17) is 11.6 Å². The van der Waals surface area contributed by atoms with Crippen LogP contribution in [-0.2, 0) is 9.59 Å². The number of benzene rings is 1. The lowest BCUT2D eigenvalue weighted by atomic mass is 9.89. The third-order valence-electron chi connectivity index (χ3n) is 6.81. The van der Waals surface area contributed by atoms with Gasteiger partial charge in [-0.05, 0) is 43.4 Å². The second-order valence-electron chi connectivity index (χ2n) is 8.66. The molecule has 1 aromatic rings. The van der Waals surface area contributed by atoms with Crippen LogP contribution in [0.3, 0.4) is 0 Å². The highest BCUT2D eigenvalue weighted by Gasteiger charge is 2.45. The molecule has 0 radical (unpaired) electrons. The van der Waals surface area contributed by atoms with Crippen molar-refractivity contribution in [2.24, 2.45) is 0 Å². The molecular formula is C23H31ClN2O2. The average molecular weight is 403 g/mol. The van der Waals surface area contributed by atoms with Crippen molar-refractivity contribution in [1.82, 2.24) is 9.80 Å². The molecule has 2 saturated carbocycles. The maximum absolute atomic E-state index is 13.7. The number of nitrogens with zero attached hydrogens (tertiary/aromatic N) is 2. The Kier molecular flexibility index (Phi) is 6.25. The molecule has 5 heteroatoms. The van der Waals surface area contributed by atoms with Crippen molar-refractivity contribution in [3.05, 3.63) is 34.9 Å². The van der Waals surface area contributed by atoms with Gasteiger partial charge in [-0.3, -0.25) is 9.59 Å². The summed E-state index contributed by atoms with van der Waals surface area (Å²) >= 11 is 6.09. The van der Waals surface area contributed by atoms with E-state index in [-0.39, 0.29) is 30.4 Å². The van der Waals surface area contributed by atoms with Crippen molar-refractivity contribution in [3.8, 4) is 0 Å². The van der Waals surface area contributed by atoms with Gasteiger partial charge in [-0.2, -0.15) is 0 Å². The van der Waals surface area contributed by atoms with Gasteiger partial charge in [0.05, 0.1) is 0 Å². The molecule has 1 heterocycles. The van der Waals surface area contributed by atoms with E-state index in [0.717, 1.165) is 56.9 Å². The number of rotatable bonds is 3. The molecule has 2 aliphatic carbocycles. The summed E-state index contributed by atoms with van der Waals surface area (Å²) in [4.78, 5) is 30.9. The summed E-state index contributed by atoms with van der Waals surface area (Å²) < 4.78 is 0. The van der Waals surface area contributed by atoms with Crippen molar-refractivity contribution in [2.45, 2.75) is 88.8 Å². The quantitative estimate of drug-likeness (QED) is 0.659. The second-order valence-corrected chi connectivity index (χ2v) is 9.09. The van der Waals surface area contributed by atoms with Crippen LogP contribution < -0.4 is 0 Å². The second kappa shape index (κ2) is 8.86. The molecule has 1 atom stereocenters. The Morgan fingerprint density at radius 2 is 1.29 bits per heavy atom. The monoisotopic (exact) mass is 402 g/mol. The third kappa shape index (κ3) is 4.07. The van der Waals surface area contributed by atoms with E-state index in [1.807, 2.05) is 34.1 Å². The minimum atomic E-state index is -0.495. The van der Waals surface area contributed by atoms with Gasteiger partial charge in [-0.15, -0.1) is 0 Å². The molecular weight excluding hydrogens is 372 g/mol. The van der Waals surface area contributed by atoms with Gasteiger partial charge >= 0.3 is 0 Å². The Morgan fingerprint density at radius 1 is 0.750 bits per heavy atom. The number of carbonyl (C=O) groups excluding carboxylic acids is 2. The number of halogens is 1. The Bertz CT molecular complexity index is 691. The Morgan fingerprint density at radius 3 is 1.89 bits per heavy atom. The van der Waals surface area contributed by atoms with Gasteiger partial charge in [0, 0.05) is 17.1 Å². The highest BCUT2D eigenvalue weighted by Crippen LogP contribution is 2.37. The molecule has 1 aliphatic heterocycles. The maximum atomic E-state index is 13.7. The van der Waals surface area contributed by atoms with Gasteiger partial charge in [0.25, 0.3) is 5.91 Å². The fourth-order valence-corrected chi connectivity index (χ4v) is 5.45. The lowest BCUT2D eigenvalue weighted by Crippen LogP contribution is -2.60. The maximum Gasteiger partial charge on any atom is 0.250 e. The fourth-order valence-electron chi connectivity index (χ4n) is 5.33. The van der Waals surface area contributed by atoms with Crippen LogP contribution in [0.1, 0.15) is 82.2 Å². The summed E-state index contributed by atoms with van der Waals surface area (Å²) in [5, 5.41) is 0.656. The van der Waals surface area contributed by atoms with E-state index in [9.17, 15) is 9.59 Å². The summed E-state index contributed by atoms with van der Waals surface area (Å²) in [7, 11) is 0. The van der Waals surface area contributed by atoms with E-state index >= 15 is 0 Å². The molecule has 0 unspecified atom stereocenters. The van der Waals surface area contributed by atoms with Crippen molar-refractivity contribution in [3.63, 3.8) is 0 Å². The van der Waals surface area contributed by atoms with Crippen LogP contribution in [0.2, 0.25) is 5.02 Å². The first-order valence-electron chi connectivity index (χ1n) is 11.0. The first kappa shape index (κ1) is 19.8. The van der Waals surface area contributed by atoms with Gasteiger partial charge < -0.3 is 9.80 Å². The lowest BCUT2D eigenvalue weighted by molar-refractivity contribution is -0.162. The zero-order valence-corrected chi connectivity index (χ0v) is 17.4. The summed E-state index contributed by atoms with van der Waals surface area (Å²) in [6, 6.07) is 7.40. The smallest absolute Gasteiger partial charge is 0.250 e. The van der Waals surface area contributed by atoms with Crippen LogP contribution in [-0.4, -0.2) is 40.2 Å². The minimum absolute atomic E-state index is 0.111. The van der Waals surface area contributed by atoms with Crippen LogP contribution in [0.5, 0.6) is 0 Å². The number of hydrogen-bond donors (Lipinski definition) is 0. The molecule has 4 nitrogen and oxygen atoms in total. The van der Waals surface area contributed by atoms with E-state index in [1.54, 1.807) is 0 Å². The predicted octanol–water partition coefficient (Wildman–Crippen LogP) is 5.11. The van der Waals surface area contributed by atoms with Gasteiger partial charge in [-0.25, -0.2) is 0 Å². The zero-order chi connectivity index (χ0) is 19.5. The topological polar surface area (TPSA) is 40.6 Å². The molecule has 4 rings (SSSR count). The number of amides is 2. The van der Waals surface area contributed by atoms with E-state index in [2.05, 4.69) is 0 Å². The molecule has 1 saturated heterocycles.